The number of rotatable bonds is 4. The van der Waals surface area contributed by atoms with Gasteiger partial charge in [0.2, 0.25) is 0 Å². The van der Waals surface area contributed by atoms with Crippen LogP contribution < -0.4 is 5.32 Å². The molecule has 1 aromatic heterocycles. The van der Waals surface area contributed by atoms with E-state index in [1.807, 2.05) is 7.05 Å². The summed E-state index contributed by atoms with van der Waals surface area (Å²) in [5.41, 5.74) is 2.24. The Hall–Kier alpha value is -0.960. The topological polar surface area (TPSA) is 37.8 Å². The second-order valence-electron chi connectivity index (χ2n) is 4.39. The molecular weight excluding hydrogens is 186 g/mol. The smallest absolute Gasteiger partial charge is 0.115 e. The van der Waals surface area contributed by atoms with Crippen LogP contribution in [0, 0.1) is 0 Å². The van der Waals surface area contributed by atoms with Crippen molar-refractivity contribution in [2.24, 2.45) is 0 Å². The lowest BCUT2D eigenvalue weighted by molar-refractivity contribution is 0.513. The summed E-state index contributed by atoms with van der Waals surface area (Å²) >= 11 is 0. The van der Waals surface area contributed by atoms with Crippen molar-refractivity contribution in [2.45, 2.75) is 45.6 Å². The quantitative estimate of drug-likeness (QED) is 0.823. The molecule has 0 saturated heterocycles. The Bertz CT molecular complexity index is 309. The van der Waals surface area contributed by atoms with E-state index in [1.165, 1.54) is 0 Å². The standard InChI is InChI=1S/C12H21N3/c1-8(2)11-6-12(15-7-14-11)9(3)10(4)13-5/h6-10,13H,1-5H3. The van der Waals surface area contributed by atoms with Gasteiger partial charge in [0.15, 0.2) is 0 Å². The Labute approximate surface area is 92.3 Å². The third-order valence-corrected chi connectivity index (χ3v) is 2.97. The molecule has 2 atom stereocenters. The Morgan fingerprint density at radius 3 is 2.20 bits per heavy atom. The molecule has 3 nitrogen and oxygen atoms in total. The zero-order valence-electron chi connectivity index (χ0n) is 10.3. The minimum atomic E-state index is 0.412. The third kappa shape index (κ3) is 2.99. The minimum Gasteiger partial charge on any atom is -0.317 e. The van der Waals surface area contributed by atoms with E-state index in [4.69, 9.17) is 0 Å². The van der Waals surface area contributed by atoms with E-state index in [0.29, 0.717) is 17.9 Å². The highest BCUT2D eigenvalue weighted by atomic mass is 14.9. The maximum absolute atomic E-state index is 4.34. The molecule has 0 aliphatic rings. The molecule has 84 valence electrons. The maximum Gasteiger partial charge on any atom is 0.115 e. The Morgan fingerprint density at radius 1 is 1.07 bits per heavy atom. The second-order valence-corrected chi connectivity index (χ2v) is 4.39. The van der Waals surface area contributed by atoms with Gasteiger partial charge in [-0.05, 0) is 26.0 Å². The highest BCUT2D eigenvalue weighted by Gasteiger charge is 2.15. The van der Waals surface area contributed by atoms with E-state index in [-0.39, 0.29) is 0 Å². The predicted octanol–water partition coefficient (Wildman–Crippen LogP) is 2.31. The van der Waals surface area contributed by atoms with E-state index in [1.54, 1.807) is 6.33 Å². The van der Waals surface area contributed by atoms with Crippen molar-refractivity contribution in [3.8, 4) is 0 Å². The summed E-state index contributed by atoms with van der Waals surface area (Å²) in [6, 6.07) is 2.54. The van der Waals surface area contributed by atoms with Crippen LogP contribution >= 0.6 is 0 Å². The SMILES string of the molecule is CNC(C)C(C)c1cc(C(C)C)ncn1. The number of nitrogens with zero attached hydrogens (tertiary/aromatic N) is 2. The van der Waals surface area contributed by atoms with Gasteiger partial charge < -0.3 is 5.32 Å². The lowest BCUT2D eigenvalue weighted by atomic mass is 9.98. The van der Waals surface area contributed by atoms with Gasteiger partial charge in [0.05, 0.1) is 0 Å². The third-order valence-electron chi connectivity index (χ3n) is 2.97. The molecule has 2 unspecified atom stereocenters. The fourth-order valence-electron chi connectivity index (χ4n) is 1.46. The van der Waals surface area contributed by atoms with Crippen LogP contribution in [0.5, 0.6) is 0 Å². The van der Waals surface area contributed by atoms with Gasteiger partial charge in [-0.1, -0.05) is 20.8 Å². The summed E-state index contributed by atoms with van der Waals surface area (Å²) in [4.78, 5) is 8.61. The summed E-state index contributed by atoms with van der Waals surface area (Å²) < 4.78 is 0. The summed E-state index contributed by atoms with van der Waals surface area (Å²) in [7, 11) is 1.98. The first kappa shape index (κ1) is 12.1. The van der Waals surface area contributed by atoms with Crippen LogP contribution in [0.15, 0.2) is 12.4 Å². The van der Waals surface area contributed by atoms with Gasteiger partial charge >= 0.3 is 0 Å². The fourth-order valence-corrected chi connectivity index (χ4v) is 1.46. The van der Waals surface area contributed by atoms with Gasteiger partial charge in [-0.15, -0.1) is 0 Å². The first-order valence-corrected chi connectivity index (χ1v) is 5.55. The van der Waals surface area contributed by atoms with Gasteiger partial charge in [-0.3, -0.25) is 0 Å². The van der Waals surface area contributed by atoms with E-state index in [2.05, 4.69) is 49.0 Å². The highest BCUT2D eigenvalue weighted by molar-refractivity contribution is 5.15. The molecule has 1 heterocycles. The van der Waals surface area contributed by atoms with E-state index in [0.717, 1.165) is 11.4 Å². The Kier molecular flexibility index (Phi) is 4.21. The molecule has 0 fully saturated rings. The molecule has 0 aliphatic carbocycles. The van der Waals surface area contributed by atoms with Crippen LogP contribution in [-0.2, 0) is 0 Å². The maximum atomic E-state index is 4.34. The Morgan fingerprint density at radius 2 is 1.67 bits per heavy atom. The fraction of sp³-hybridized carbons (Fsp3) is 0.667. The van der Waals surface area contributed by atoms with Gasteiger partial charge in [-0.2, -0.15) is 0 Å². The van der Waals surface area contributed by atoms with Crippen molar-refractivity contribution in [2.75, 3.05) is 7.05 Å². The van der Waals surface area contributed by atoms with Crippen LogP contribution in [0.3, 0.4) is 0 Å². The monoisotopic (exact) mass is 207 g/mol. The Balaban J connectivity index is 2.90. The van der Waals surface area contributed by atoms with Gasteiger partial charge in [0.1, 0.15) is 6.33 Å². The van der Waals surface area contributed by atoms with Crippen LogP contribution in [0.25, 0.3) is 0 Å². The second kappa shape index (κ2) is 5.21. The molecule has 15 heavy (non-hydrogen) atoms. The average molecular weight is 207 g/mol. The normalized spacial score (nSPS) is 15.3. The minimum absolute atomic E-state index is 0.412. The van der Waals surface area contributed by atoms with Crippen molar-refractivity contribution in [3.05, 3.63) is 23.8 Å². The first-order chi connectivity index (χ1) is 7.06. The van der Waals surface area contributed by atoms with Gasteiger partial charge in [0.25, 0.3) is 0 Å². The number of likely N-dealkylation sites (N-methyl/N-ethyl adjacent to an activating group) is 1. The molecule has 0 aliphatic heterocycles. The van der Waals surface area contributed by atoms with Gasteiger partial charge in [-0.25, -0.2) is 9.97 Å². The van der Waals surface area contributed by atoms with Crippen LogP contribution in [0.4, 0.5) is 0 Å². The zero-order valence-corrected chi connectivity index (χ0v) is 10.3. The van der Waals surface area contributed by atoms with Crippen LogP contribution in [0.2, 0.25) is 0 Å². The zero-order chi connectivity index (χ0) is 11.4. The predicted molar refractivity (Wildman–Crippen MR) is 63.1 cm³/mol. The summed E-state index contributed by atoms with van der Waals surface area (Å²) in [6.07, 6.45) is 1.67. The molecule has 0 bridgehead atoms. The lowest BCUT2D eigenvalue weighted by Gasteiger charge is -2.19. The molecule has 1 rings (SSSR count). The molecule has 1 aromatic rings. The number of hydrogen-bond acceptors (Lipinski definition) is 3. The molecule has 0 amide bonds. The molecule has 0 spiro atoms. The first-order valence-electron chi connectivity index (χ1n) is 5.55. The molecule has 3 heteroatoms. The van der Waals surface area contributed by atoms with Crippen LogP contribution in [0.1, 0.15) is 50.9 Å². The average Bonchev–Trinajstić information content (AvgIpc) is 2.27. The number of nitrogens with one attached hydrogen (secondary N) is 1. The van der Waals surface area contributed by atoms with Crippen molar-refractivity contribution in [1.29, 1.82) is 0 Å². The summed E-state index contributed by atoms with van der Waals surface area (Å²) in [5, 5.41) is 3.25. The van der Waals surface area contributed by atoms with E-state index in [9.17, 15) is 0 Å². The molecule has 0 radical (unpaired) electrons. The number of hydrogen-bond donors (Lipinski definition) is 1. The van der Waals surface area contributed by atoms with Crippen LogP contribution in [-0.4, -0.2) is 23.1 Å². The van der Waals surface area contributed by atoms with E-state index < -0.39 is 0 Å². The molecule has 1 N–H and O–H groups in total. The molecule has 0 aromatic carbocycles. The summed E-state index contributed by atoms with van der Waals surface area (Å²) in [6.45, 7) is 8.66. The lowest BCUT2D eigenvalue weighted by Crippen LogP contribution is -2.27. The van der Waals surface area contributed by atoms with E-state index >= 15 is 0 Å². The largest absolute Gasteiger partial charge is 0.317 e. The molecule has 0 saturated carbocycles. The molecular formula is C12H21N3. The van der Waals surface area contributed by atoms with Crippen molar-refractivity contribution in [1.82, 2.24) is 15.3 Å². The number of aromatic nitrogens is 2. The highest BCUT2D eigenvalue weighted by Crippen LogP contribution is 2.19. The van der Waals surface area contributed by atoms with Crippen molar-refractivity contribution in [3.63, 3.8) is 0 Å². The van der Waals surface area contributed by atoms with Crippen molar-refractivity contribution < 1.29 is 0 Å². The van der Waals surface area contributed by atoms with Gasteiger partial charge in [0, 0.05) is 23.3 Å². The van der Waals surface area contributed by atoms with Crippen molar-refractivity contribution >= 4 is 0 Å². The summed E-state index contributed by atoms with van der Waals surface area (Å²) in [5.74, 6) is 0.874.